The van der Waals surface area contributed by atoms with Crippen molar-refractivity contribution in [2.75, 3.05) is 5.32 Å². The molecule has 6 nitrogen and oxygen atoms in total. The highest BCUT2D eigenvalue weighted by molar-refractivity contribution is 5.93. The van der Waals surface area contributed by atoms with Crippen molar-refractivity contribution in [2.24, 2.45) is 0 Å². The number of hydrogen-bond donors (Lipinski definition) is 2. The van der Waals surface area contributed by atoms with Crippen molar-refractivity contribution in [3.8, 4) is 17.1 Å². The first-order valence-corrected chi connectivity index (χ1v) is 10.5. The molecule has 0 aliphatic rings. The third-order valence-corrected chi connectivity index (χ3v) is 5.59. The maximum absolute atomic E-state index is 12.8. The zero-order valence-corrected chi connectivity index (χ0v) is 18.0. The Morgan fingerprint density at radius 3 is 2.56 bits per heavy atom. The second-order valence-electron chi connectivity index (χ2n) is 7.81. The van der Waals surface area contributed by atoms with Crippen LogP contribution in [0.4, 0.5) is 5.69 Å². The summed E-state index contributed by atoms with van der Waals surface area (Å²) in [5.74, 6) is 0.698. The Morgan fingerprint density at radius 2 is 1.75 bits per heavy atom. The van der Waals surface area contributed by atoms with E-state index in [-0.39, 0.29) is 12.3 Å². The van der Waals surface area contributed by atoms with Gasteiger partial charge in [-0.05, 0) is 50.2 Å². The maximum Gasteiger partial charge on any atom is 0.228 e. The number of aromatic nitrogens is 4. The van der Waals surface area contributed by atoms with Gasteiger partial charge in [-0.3, -0.25) is 4.79 Å². The molecule has 3 aromatic carbocycles. The predicted octanol–water partition coefficient (Wildman–Crippen LogP) is 5.21. The Labute approximate surface area is 185 Å². The molecular formula is C26H23N5O. The number of H-pyrrole nitrogens is 1. The smallest absolute Gasteiger partial charge is 0.228 e. The largest absolute Gasteiger partial charge is 0.338 e. The molecule has 0 radical (unpaired) electrons. The summed E-state index contributed by atoms with van der Waals surface area (Å²) < 4.78 is 1.89. The third-order valence-electron chi connectivity index (χ3n) is 5.59. The molecule has 32 heavy (non-hydrogen) atoms. The molecule has 0 spiro atoms. The number of benzene rings is 3. The van der Waals surface area contributed by atoms with Gasteiger partial charge in [-0.15, -0.1) is 0 Å². The molecule has 6 heteroatoms. The number of imidazole rings is 1. The number of carbonyl (C=O) groups excluding carboxylic acids is 1. The van der Waals surface area contributed by atoms with Crippen molar-refractivity contribution in [3.05, 3.63) is 95.8 Å². The van der Waals surface area contributed by atoms with E-state index in [0.29, 0.717) is 0 Å². The summed E-state index contributed by atoms with van der Waals surface area (Å²) in [5.41, 5.74) is 7.31. The van der Waals surface area contributed by atoms with Crippen LogP contribution in [0, 0.1) is 13.8 Å². The summed E-state index contributed by atoms with van der Waals surface area (Å²) >= 11 is 0. The lowest BCUT2D eigenvalue weighted by Gasteiger charge is -2.08. The number of fused-ring (bicyclic) bond motifs is 1. The SMILES string of the molecule is Cc1nn(-c2ccccc2)c(C)c1CC(=O)Nc1cccc(-c2nc3ccccc3[nH]2)c1. The molecule has 1 amide bonds. The summed E-state index contributed by atoms with van der Waals surface area (Å²) in [6.45, 7) is 3.94. The molecule has 0 aliphatic carbocycles. The van der Waals surface area contributed by atoms with Crippen molar-refractivity contribution < 1.29 is 4.79 Å². The zero-order chi connectivity index (χ0) is 22.1. The Balaban J connectivity index is 1.35. The second kappa shape index (κ2) is 8.15. The van der Waals surface area contributed by atoms with Crippen LogP contribution in [-0.2, 0) is 11.2 Å². The highest BCUT2D eigenvalue weighted by atomic mass is 16.1. The summed E-state index contributed by atoms with van der Waals surface area (Å²) in [6, 6.07) is 25.6. The van der Waals surface area contributed by atoms with Gasteiger partial charge in [0.15, 0.2) is 0 Å². The molecule has 2 N–H and O–H groups in total. The van der Waals surface area contributed by atoms with Crippen molar-refractivity contribution in [3.63, 3.8) is 0 Å². The summed E-state index contributed by atoms with van der Waals surface area (Å²) in [7, 11) is 0. The number of aromatic amines is 1. The minimum absolute atomic E-state index is 0.0782. The minimum Gasteiger partial charge on any atom is -0.338 e. The molecule has 0 saturated heterocycles. The first kappa shape index (κ1) is 19.8. The van der Waals surface area contributed by atoms with Crippen LogP contribution in [0.5, 0.6) is 0 Å². The van der Waals surface area contributed by atoms with Crippen molar-refractivity contribution in [1.29, 1.82) is 0 Å². The molecule has 0 saturated carbocycles. The van der Waals surface area contributed by atoms with Crippen LogP contribution < -0.4 is 5.32 Å². The van der Waals surface area contributed by atoms with E-state index in [4.69, 9.17) is 0 Å². The number of amides is 1. The van der Waals surface area contributed by atoms with Crippen LogP contribution in [0.15, 0.2) is 78.9 Å². The molecule has 0 atom stereocenters. The lowest BCUT2D eigenvalue weighted by molar-refractivity contribution is -0.115. The fourth-order valence-corrected chi connectivity index (χ4v) is 3.95. The van der Waals surface area contributed by atoms with E-state index < -0.39 is 0 Å². The van der Waals surface area contributed by atoms with Crippen molar-refractivity contribution in [1.82, 2.24) is 19.7 Å². The van der Waals surface area contributed by atoms with Crippen LogP contribution in [0.3, 0.4) is 0 Å². The Kier molecular flexibility index (Phi) is 5.03. The van der Waals surface area contributed by atoms with Crippen molar-refractivity contribution >= 4 is 22.6 Å². The van der Waals surface area contributed by atoms with Crippen LogP contribution in [0.2, 0.25) is 0 Å². The van der Waals surface area contributed by atoms with Crippen LogP contribution in [-0.4, -0.2) is 25.7 Å². The van der Waals surface area contributed by atoms with E-state index in [9.17, 15) is 4.79 Å². The molecule has 2 heterocycles. The number of carbonyl (C=O) groups is 1. The Hall–Kier alpha value is -4.19. The zero-order valence-electron chi connectivity index (χ0n) is 18.0. The quantitative estimate of drug-likeness (QED) is 0.409. The van der Waals surface area contributed by atoms with Gasteiger partial charge in [0.1, 0.15) is 5.82 Å². The number of aryl methyl sites for hydroxylation is 1. The molecule has 158 valence electrons. The van der Waals surface area contributed by atoms with Gasteiger partial charge in [-0.25, -0.2) is 9.67 Å². The van der Waals surface area contributed by atoms with E-state index in [1.54, 1.807) is 0 Å². The number of nitrogens with zero attached hydrogens (tertiary/aromatic N) is 3. The van der Waals surface area contributed by atoms with Gasteiger partial charge in [0.2, 0.25) is 5.91 Å². The topological polar surface area (TPSA) is 75.6 Å². The van der Waals surface area contributed by atoms with E-state index in [0.717, 1.165) is 50.7 Å². The third kappa shape index (κ3) is 3.78. The van der Waals surface area contributed by atoms with E-state index >= 15 is 0 Å². The average molecular weight is 422 g/mol. The highest BCUT2D eigenvalue weighted by Gasteiger charge is 2.16. The molecule has 2 aromatic heterocycles. The van der Waals surface area contributed by atoms with Gasteiger partial charge in [0, 0.05) is 22.5 Å². The Morgan fingerprint density at radius 1 is 0.969 bits per heavy atom. The standard InChI is InChI=1S/C26H23N5O/c1-17-22(18(2)31(30-17)21-11-4-3-5-12-21)16-25(32)27-20-10-8-9-19(15-20)26-28-23-13-6-7-14-24(23)29-26/h3-15H,16H2,1-2H3,(H,27,32)(H,28,29). The molecule has 5 aromatic rings. The second-order valence-corrected chi connectivity index (χ2v) is 7.81. The van der Waals surface area contributed by atoms with Crippen LogP contribution in [0.1, 0.15) is 17.0 Å². The number of para-hydroxylation sites is 3. The Bertz CT molecular complexity index is 1380. The minimum atomic E-state index is -0.0782. The van der Waals surface area contributed by atoms with Gasteiger partial charge < -0.3 is 10.3 Å². The fraction of sp³-hybridized carbons (Fsp3) is 0.115. The molecule has 0 aliphatic heterocycles. The summed E-state index contributed by atoms with van der Waals surface area (Å²) in [6.07, 6.45) is 0.263. The van der Waals surface area contributed by atoms with E-state index in [2.05, 4.69) is 20.4 Å². The van der Waals surface area contributed by atoms with Crippen LogP contribution in [0.25, 0.3) is 28.1 Å². The molecule has 0 bridgehead atoms. The molecule has 5 rings (SSSR count). The normalized spacial score (nSPS) is 11.1. The number of anilines is 1. The summed E-state index contributed by atoms with van der Waals surface area (Å²) in [5, 5.41) is 7.66. The van der Waals surface area contributed by atoms with Gasteiger partial charge in [0.25, 0.3) is 0 Å². The van der Waals surface area contributed by atoms with Crippen LogP contribution >= 0.6 is 0 Å². The predicted molar refractivity (Wildman–Crippen MR) is 127 cm³/mol. The van der Waals surface area contributed by atoms with Gasteiger partial charge >= 0.3 is 0 Å². The lowest BCUT2D eigenvalue weighted by atomic mass is 10.1. The molecule has 0 fully saturated rings. The fourth-order valence-electron chi connectivity index (χ4n) is 3.95. The summed E-state index contributed by atoms with van der Waals surface area (Å²) in [4.78, 5) is 20.8. The first-order valence-electron chi connectivity index (χ1n) is 10.5. The van der Waals surface area contributed by atoms with Gasteiger partial charge in [0.05, 0.1) is 28.8 Å². The average Bonchev–Trinajstić information content (AvgIpc) is 3.36. The van der Waals surface area contributed by atoms with Gasteiger partial charge in [-0.1, -0.05) is 42.5 Å². The van der Waals surface area contributed by atoms with E-state index in [1.165, 1.54) is 0 Å². The van der Waals surface area contributed by atoms with Crippen molar-refractivity contribution in [2.45, 2.75) is 20.3 Å². The maximum atomic E-state index is 12.8. The number of nitrogens with one attached hydrogen (secondary N) is 2. The molecule has 0 unspecified atom stereocenters. The van der Waals surface area contributed by atoms with E-state index in [1.807, 2.05) is 97.4 Å². The highest BCUT2D eigenvalue weighted by Crippen LogP contribution is 2.24. The lowest BCUT2D eigenvalue weighted by Crippen LogP contribution is -2.15. The number of hydrogen-bond acceptors (Lipinski definition) is 3. The monoisotopic (exact) mass is 421 g/mol. The van der Waals surface area contributed by atoms with Gasteiger partial charge in [-0.2, -0.15) is 5.10 Å². The molecular weight excluding hydrogens is 398 g/mol. The number of rotatable bonds is 5. The first-order chi connectivity index (χ1) is 15.6.